The van der Waals surface area contributed by atoms with Crippen molar-refractivity contribution in [2.45, 2.75) is 65.1 Å². The highest BCUT2D eigenvalue weighted by Gasteiger charge is 2.42. The number of urea groups is 1. The monoisotopic (exact) mass is 542 g/mol. The molecule has 3 amide bonds. The topological polar surface area (TPSA) is 56.3 Å². The molecule has 212 valence electrons. The maximum Gasteiger partial charge on any atom is 0.328 e. The standard InChI is InChI=1S/C33H42N4O3/c1-22(2)37(23(3)4)31(38)29-27(32-34(6)24(5)30(40-32)25-16-11-9-12-17-25)20-15-21-28(29)36(8)33(39)35(7)26-18-13-10-14-19-26/h9-24,30,32H,1-8H3/t24-,30-,32-/m0/s1. The van der Waals surface area contributed by atoms with Crippen LogP contribution in [0.2, 0.25) is 0 Å². The van der Waals surface area contributed by atoms with Crippen LogP contribution < -0.4 is 9.80 Å². The maximum absolute atomic E-state index is 14.4. The first kappa shape index (κ1) is 29.3. The molecule has 0 unspecified atom stereocenters. The average molecular weight is 543 g/mol. The maximum atomic E-state index is 14.4. The minimum Gasteiger partial charge on any atom is -0.349 e. The van der Waals surface area contributed by atoms with E-state index in [-0.39, 0.29) is 36.2 Å². The van der Waals surface area contributed by atoms with E-state index in [1.54, 1.807) is 23.9 Å². The van der Waals surface area contributed by atoms with Crippen molar-refractivity contribution in [3.05, 3.63) is 95.6 Å². The zero-order chi connectivity index (χ0) is 29.1. The number of ether oxygens (including phenoxy) is 1. The van der Waals surface area contributed by atoms with Gasteiger partial charge in [-0.3, -0.25) is 19.5 Å². The molecule has 3 atom stereocenters. The summed E-state index contributed by atoms with van der Waals surface area (Å²) in [6.07, 6.45) is -0.617. The van der Waals surface area contributed by atoms with Gasteiger partial charge in [-0.15, -0.1) is 0 Å². The number of nitrogens with zero attached hydrogens (tertiary/aromatic N) is 4. The zero-order valence-corrected chi connectivity index (χ0v) is 24.9. The van der Waals surface area contributed by atoms with Gasteiger partial charge < -0.3 is 9.64 Å². The number of hydrogen-bond donors (Lipinski definition) is 0. The van der Waals surface area contributed by atoms with E-state index in [1.807, 2.05) is 106 Å². The van der Waals surface area contributed by atoms with Gasteiger partial charge in [0.25, 0.3) is 5.91 Å². The Kier molecular flexibility index (Phi) is 8.96. The van der Waals surface area contributed by atoms with E-state index in [2.05, 4.69) is 24.0 Å². The molecular weight excluding hydrogens is 500 g/mol. The molecule has 0 saturated carbocycles. The molecular formula is C33H42N4O3. The van der Waals surface area contributed by atoms with Crippen molar-refractivity contribution in [3.63, 3.8) is 0 Å². The SMILES string of the molecule is CC(C)N(C(=O)c1c([C@@H]2O[C@H](c3ccccc3)[C@H](C)N2C)cccc1N(C)C(=O)N(C)c1ccccc1)C(C)C. The van der Waals surface area contributed by atoms with Crippen molar-refractivity contribution >= 4 is 23.3 Å². The third-order valence-electron chi connectivity index (χ3n) is 7.83. The third-order valence-corrected chi connectivity index (χ3v) is 7.83. The lowest BCUT2D eigenvalue weighted by Crippen LogP contribution is -2.44. The van der Waals surface area contributed by atoms with Gasteiger partial charge in [0.15, 0.2) is 0 Å². The smallest absolute Gasteiger partial charge is 0.328 e. The van der Waals surface area contributed by atoms with Crippen LogP contribution in [0.5, 0.6) is 0 Å². The number of benzene rings is 3. The number of anilines is 2. The summed E-state index contributed by atoms with van der Waals surface area (Å²) in [5.41, 5.74) is 3.65. The molecule has 0 bridgehead atoms. The van der Waals surface area contributed by atoms with Gasteiger partial charge in [-0.25, -0.2) is 4.79 Å². The molecule has 1 heterocycles. The van der Waals surface area contributed by atoms with Crippen LogP contribution in [-0.4, -0.2) is 61.0 Å². The van der Waals surface area contributed by atoms with Crippen molar-refractivity contribution in [2.24, 2.45) is 0 Å². The van der Waals surface area contributed by atoms with Crippen molar-refractivity contribution < 1.29 is 14.3 Å². The molecule has 0 aromatic heterocycles. The highest BCUT2D eigenvalue weighted by molar-refractivity contribution is 6.09. The van der Waals surface area contributed by atoms with Gasteiger partial charge in [-0.2, -0.15) is 0 Å². The van der Waals surface area contributed by atoms with Gasteiger partial charge in [-0.05, 0) is 65.4 Å². The Labute approximate surface area is 238 Å². The van der Waals surface area contributed by atoms with Crippen LogP contribution in [0.3, 0.4) is 0 Å². The first-order valence-electron chi connectivity index (χ1n) is 14.0. The Hall–Kier alpha value is -3.68. The largest absolute Gasteiger partial charge is 0.349 e. The Morgan fingerprint density at radius 2 is 1.38 bits per heavy atom. The lowest BCUT2D eigenvalue weighted by molar-refractivity contribution is 0.00458. The summed E-state index contributed by atoms with van der Waals surface area (Å²) < 4.78 is 6.70. The minimum atomic E-state index is -0.462. The minimum absolute atomic E-state index is 0.0281. The van der Waals surface area contributed by atoms with Crippen LogP contribution in [0.4, 0.5) is 16.2 Å². The highest BCUT2D eigenvalue weighted by atomic mass is 16.5. The quantitative estimate of drug-likeness (QED) is 0.332. The van der Waals surface area contributed by atoms with Crippen molar-refractivity contribution in [1.29, 1.82) is 0 Å². The molecule has 1 saturated heterocycles. The molecule has 40 heavy (non-hydrogen) atoms. The number of para-hydroxylation sites is 1. The fraction of sp³-hybridized carbons (Fsp3) is 0.394. The molecule has 0 spiro atoms. The van der Waals surface area contributed by atoms with Crippen LogP contribution in [0.15, 0.2) is 78.9 Å². The van der Waals surface area contributed by atoms with E-state index in [1.165, 1.54) is 0 Å². The molecule has 1 fully saturated rings. The summed E-state index contributed by atoms with van der Waals surface area (Å²) in [5, 5.41) is 0. The first-order chi connectivity index (χ1) is 19.0. The van der Waals surface area contributed by atoms with Crippen LogP contribution >= 0.6 is 0 Å². The number of hydrogen-bond acceptors (Lipinski definition) is 4. The van der Waals surface area contributed by atoms with Gasteiger partial charge >= 0.3 is 6.03 Å². The predicted octanol–water partition coefficient (Wildman–Crippen LogP) is 6.73. The molecule has 3 aromatic carbocycles. The van der Waals surface area contributed by atoms with Crippen molar-refractivity contribution in [3.8, 4) is 0 Å². The Morgan fingerprint density at radius 3 is 1.95 bits per heavy atom. The molecule has 3 aromatic rings. The molecule has 1 aliphatic rings. The summed E-state index contributed by atoms with van der Waals surface area (Å²) in [7, 11) is 5.50. The second-order valence-corrected chi connectivity index (χ2v) is 11.1. The number of carbonyl (C=O) groups excluding carboxylic acids is 2. The molecule has 0 aliphatic carbocycles. The number of amides is 3. The molecule has 0 radical (unpaired) electrons. The molecule has 1 aliphatic heterocycles. The fourth-order valence-electron chi connectivity index (χ4n) is 5.63. The Balaban J connectivity index is 1.82. The van der Waals surface area contributed by atoms with E-state index in [9.17, 15) is 9.59 Å². The molecule has 7 heteroatoms. The van der Waals surface area contributed by atoms with Crippen LogP contribution in [-0.2, 0) is 4.74 Å². The summed E-state index contributed by atoms with van der Waals surface area (Å²) >= 11 is 0. The Morgan fingerprint density at radius 1 is 0.800 bits per heavy atom. The van der Waals surface area contributed by atoms with Gasteiger partial charge in [-0.1, -0.05) is 60.7 Å². The van der Waals surface area contributed by atoms with Crippen LogP contribution in [0.1, 0.15) is 68.4 Å². The van der Waals surface area contributed by atoms with E-state index >= 15 is 0 Å². The van der Waals surface area contributed by atoms with E-state index in [4.69, 9.17) is 4.74 Å². The number of carbonyl (C=O) groups is 2. The fourth-order valence-corrected chi connectivity index (χ4v) is 5.63. The van der Waals surface area contributed by atoms with Gasteiger partial charge in [0, 0.05) is 43.5 Å². The van der Waals surface area contributed by atoms with Gasteiger partial charge in [0.1, 0.15) is 12.3 Å². The van der Waals surface area contributed by atoms with E-state index in [0.29, 0.717) is 11.3 Å². The normalized spacial score (nSPS) is 19.2. The van der Waals surface area contributed by atoms with Gasteiger partial charge in [0.2, 0.25) is 0 Å². The van der Waals surface area contributed by atoms with Gasteiger partial charge in [0.05, 0.1) is 11.3 Å². The predicted molar refractivity (Wildman–Crippen MR) is 162 cm³/mol. The van der Waals surface area contributed by atoms with Crippen LogP contribution in [0.25, 0.3) is 0 Å². The molecule has 7 nitrogen and oxygen atoms in total. The van der Waals surface area contributed by atoms with Crippen molar-refractivity contribution in [1.82, 2.24) is 9.80 Å². The summed E-state index contributed by atoms with van der Waals surface area (Å²) in [6.45, 7) is 10.2. The summed E-state index contributed by atoms with van der Waals surface area (Å²) in [6, 6.07) is 25.2. The first-order valence-corrected chi connectivity index (χ1v) is 14.0. The molecule has 0 N–H and O–H groups in total. The molecule has 4 rings (SSSR count). The average Bonchev–Trinajstić information content (AvgIpc) is 3.25. The second-order valence-electron chi connectivity index (χ2n) is 11.1. The van der Waals surface area contributed by atoms with Crippen LogP contribution in [0, 0.1) is 0 Å². The van der Waals surface area contributed by atoms with E-state index in [0.717, 1.165) is 16.8 Å². The number of rotatable bonds is 7. The lowest BCUT2D eigenvalue weighted by Gasteiger charge is -2.35. The summed E-state index contributed by atoms with van der Waals surface area (Å²) in [5.74, 6) is -0.120. The Bertz CT molecular complexity index is 1300. The lowest BCUT2D eigenvalue weighted by atomic mass is 9.99. The highest BCUT2D eigenvalue weighted by Crippen LogP contribution is 2.44. The third kappa shape index (κ3) is 5.62. The summed E-state index contributed by atoms with van der Waals surface area (Å²) in [4.78, 5) is 35.4. The number of likely N-dealkylation sites (N-methyl/N-ethyl adjacent to an activating group) is 1. The van der Waals surface area contributed by atoms with E-state index < -0.39 is 6.23 Å². The zero-order valence-electron chi connectivity index (χ0n) is 24.9. The second kappa shape index (κ2) is 12.2. The van der Waals surface area contributed by atoms with Crippen molar-refractivity contribution in [2.75, 3.05) is 30.9 Å².